The van der Waals surface area contributed by atoms with Gasteiger partial charge in [0, 0.05) is 18.6 Å². The molecule has 5 N–H and O–H groups in total. The van der Waals surface area contributed by atoms with Crippen molar-refractivity contribution >= 4 is 17.1 Å². The van der Waals surface area contributed by atoms with E-state index >= 15 is 0 Å². The largest absolute Gasteiger partial charge is 0.396 e. The van der Waals surface area contributed by atoms with Crippen LogP contribution in [0.2, 0.25) is 0 Å². The second-order valence-electron chi connectivity index (χ2n) is 5.10. The first-order valence-corrected chi connectivity index (χ1v) is 6.02. The summed E-state index contributed by atoms with van der Waals surface area (Å²) in [4.78, 5) is 22.3. The van der Waals surface area contributed by atoms with Gasteiger partial charge in [0.25, 0.3) is 5.56 Å². The van der Waals surface area contributed by atoms with Crippen LogP contribution in [-0.4, -0.2) is 42.9 Å². The van der Waals surface area contributed by atoms with Gasteiger partial charge in [0.15, 0.2) is 11.2 Å². The van der Waals surface area contributed by atoms with Crippen molar-refractivity contribution in [2.75, 3.05) is 18.9 Å². The number of nitrogens with two attached hydrogens (primary N) is 1. The van der Waals surface area contributed by atoms with Crippen LogP contribution in [-0.2, 0) is 6.54 Å². The second kappa shape index (κ2) is 4.04. The number of nitrogens with zero attached hydrogens (tertiary/aromatic N) is 3. The number of nitrogens with one attached hydrogen (secondary N) is 1. The highest BCUT2D eigenvalue weighted by molar-refractivity contribution is 5.70. The maximum absolute atomic E-state index is 11.9. The number of anilines is 1. The van der Waals surface area contributed by atoms with E-state index in [1.54, 1.807) is 4.57 Å². The first-order chi connectivity index (χ1) is 9.09. The Morgan fingerprint density at radius 2 is 2.37 bits per heavy atom. The number of rotatable bonds is 4. The summed E-state index contributed by atoms with van der Waals surface area (Å²) in [6.45, 7) is 0.437. The second-order valence-corrected chi connectivity index (χ2v) is 5.10. The van der Waals surface area contributed by atoms with Crippen LogP contribution in [0.3, 0.4) is 0 Å². The van der Waals surface area contributed by atoms with Gasteiger partial charge in [-0.25, -0.2) is 4.98 Å². The van der Waals surface area contributed by atoms with E-state index in [4.69, 9.17) is 5.73 Å². The molecule has 1 aliphatic rings. The molecule has 1 fully saturated rings. The van der Waals surface area contributed by atoms with Crippen molar-refractivity contribution in [2.45, 2.75) is 13.0 Å². The van der Waals surface area contributed by atoms with Crippen LogP contribution in [0.1, 0.15) is 6.42 Å². The van der Waals surface area contributed by atoms with Crippen molar-refractivity contribution in [3.05, 3.63) is 16.7 Å². The molecule has 2 atom stereocenters. The molecule has 2 aromatic rings. The lowest BCUT2D eigenvalue weighted by Crippen LogP contribution is -2.22. The van der Waals surface area contributed by atoms with Gasteiger partial charge in [-0.1, -0.05) is 0 Å². The van der Waals surface area contributed by atoms with Gasteiger partial charge in [-0.15, -0.1) is 0 Å². The molecule has 0 saturated heterocycles. The predicted octanol–water partition coefficient (Wildman–Crippen LogP) is -1.31. The summed E-state index contributed by atoms with van der Waals surface area (Å²) in [5.74, 6) is 0.0926. The molecular formula is C11H15N5O3. The fourth-order valence-corrected chi connectivity index (χ4v) is 2.59. The minimum atomic E-state index is -0.365. The van der Waals surface area contributed by atoms with E-state index < -0.39 is 0 Å². The lowest BCUT2D eigenvalue weighted by Gasteiger charge is -2.14. The zero-order chi connectivity index (χ0) is 13.6. The van der Waals surface area contributed by atoms with E-state index in [9.17, 15) is 15.0 Å². The first-order valence-electron chi connectivity index (χ1n) is 6.02. The minimum Gasteiger partial charge on any atom is -0.396 e. The van der Waals surface area contributed by atoms with Gasteiger partial charge in [0.1, 0.15) is 0 Å². The summed E-state index contributed by atoms with van der Waals surface area (Å²) in [6.07, 6.45) is 2.25. The van der Waals surface area contributed by atoms with Gasteiger partial charge in [0.05, 0.1) is 12.9 Å². The fourth-order valence-electron chi connectivity index (χ4n) is 2.59. The number of aromatic amines is 1. The van der Waals surface area contributed by atoms with Gasteiger partial charge in [-0.05, 0) is 12.3 Å². The molecule has 0 amide bonds. The smallest absolute Gasteiger partial charge is 0.278 e. The fraction of sp³-hybridized carbons (Fsp3) is 0.545. The zero-order valence-electron chi connectivity index (χ0n) is 10.2. The molecule has 2 aromatic heterocycles. The van der Waals surface area contributed by atoms with Crippen LogP contribution in [0, 0.1) is 11.3 Å². The summed E-state index contributed by atoms with van der Waals surface area (Å²) in [5.41, 5.74) is 5.36. The maximum atomic E-state index is 11.9. The van der Waals surface area contributed by atoms with Gasteiger partial charge in [0.2, 0.25) is 5.95 Å². The van der Waals surface area contributed by atoms with E-state index in [0.29, 0.717) is 12.1 Å². The summed E-state index contributed by atoms with van der Waals surface area (Å²) in [7, 11) is 0. The number of hydrogen-bond donors (Lipinski definition) is 4. The van der Waals surface area contributed by atoms with E-state index in [1.165, 1.54) is 6.33 Å². The van der Waals surface area contributed by atoms with Crippen molar-refractivity contribution in [3.63, 3.8) is 0 Å². The molecule has 8 heteroatoms. The zero-order valence-corrected chi connectivity index (χ0v) is 10.2. The van der Waals surface area contributed by atoms with E-state index in [-0.39, 0.29) is 41.7 Å². The summed E-state index contributed by atoms with van der Waals surface area (Å²) in [6, 6.07) is 0. The van der Waals surface area contributed by atoms with Crippen LogP contribution in [0.15, 0.2) is 11.1 Å². The normalized spacial score (nSPS) is 25.9. The van der Waals surface area contributed by atoms with Crippen molar-refractivity contribution in [1.29, 1.82) is 0 Å². The SMILES string of the molecule is Nc1nc2ncn(C[C@]3(CO)C[C@H]3CO)c2c(=O)[nH]1. The Morgan fingerprint density at radius 3 is 3.00 bits per heavy atom. The Balaban J connectivity index is 2.01. The molecule has 0 radical (unpaired) electrons. The van der Waals surface area contributed by atoms with E-state index in [2.05, 4.69) is 15.0 Å². The molecule has 19 heavy (non-hydrogen) atoms. The Bertz CT molecular complexity index is 679. The lowest BCUT2D eigenvalue weighted by atomic mass is 10.1. The van der Waals surface area contributed by atoms with Gasteiger partial charge >= 0.3 is 0 Å². The Kier molecular flexibility index (Phi) is 2.58. The van der Waals surface area contributed by atoms with Crippen LogP contribution in [0.25, 0.3) is 11.2 Å². The number of imidazole rings is 1. The summed E-state index contributed by atoms with van der Waals surface area (Å²) in [5, 5.41) is 18.6. The quantitative estimate of drug-likeness (QED) is 0.543. The monoisotopic (exact) mass is 265 g/mol. The highest BCUT2D eigenvalue weighted by atomic mass is 16.3. The first kappa shape index (κ1) is 12.1. The number of fused-ring (bicyclic) bond motifs is 1. The average Bonchev–Trinajstić information content (AvgIpc) is 2.94. The molecule has 1 saturated carbocycles. The molecule has 3 rings (SSSR count). The van der Waals surface area contributed by atoms with Crippen LogP contribution >= 0.6 is 0 Å². The lowest BCUT2D eigenvalue weighted by molar-refractivity contribution is 0.159. The molecule has 0 bridgehead atoms. The molecule has 0 spiro atoms. The highest BCUT2D eigenvalue weighted by Crippen LogP contribution is 2.53. The van der Waals surface area contributed by atoms with Crippen LogP contribution in [0.5, 0.6) is 0 Å². The molecule has 1 aliphatic carbocycles. The van der Waals surface area contributed by atoms with Gasteiger partial charge in [-0.2, -0.15) is 4.98 Å². The summed E-state index contributed by atoms with van der Waals surface area (Å²) < 4.78 is 1.66. The third-order valence-electron chi connectivity index (χ3n) is 3.88. The minimum absolute atomic E-state index is 0.0271. The van der Waals surface area contributed by atoms with Crippen molar-refractivity contribution in [1.82, 2.24) is 19.5 Å². The third-order valence-corrected chi connectivity index (χ3v) is 3.88. The maximum Gasteiger partial charge on any atom is 0.278 e. The van der Waals surface area contributed by atoms with Gasteiger partial charge in [-0.3, -0.25) is 9.78 Å². The van der Waals surface area contributed by atoms with Crippen molar-refractivity contribution in [3.8, 4) is 0 Å². The molecule has 0 unspecified atom stereocenters. The number of aliphatic hydroxyl groups is 2. The molecular weight excluding hydrogens is 250 g/mol. The molecule has 0 aromatic carbocycles. The summed E-state index contributed by atoms with van der Waals surface area (Å²) >= 11 is 0. The Hall–Kier alpha value is -1.93. The van der Waals surface area contributed by atoms with E-state index in [0.717, 1.165) is 6.42 Å². The Labute approximate surface area is 107 Å². The predicted molar refractivity (Wildman–Crippen MR) is 67.3 cm³/mol. The molecule has 102 valence electrons. The molecule has 0 aliphatic heterocycles. The number of hydrogen-bond acceptors (Lipinski definition) is 6. The number of aliphatic hydroxyl groups excluding tert-OH is 2. The average molecular weight is 265 g/mol. The van der Waals surface area contributed by atoms with Crippen molar-refractivity contribution in [2.24, 2.45) is 11.3 Å². The van der Waals surface area contributed by atoms with Crippen molar-refractivity contribution < 1.29 is 10.2 Å². The van der Waals surface area contributed by atoms with Crippen LogP contribution in [0.4, 0.5) is 5.95 Å². The van der Waals surface area contributed by atoms with Gasteiger partial charge < -0.3 is 20.5 Å². The molecule has 8 nitrogen and oxygen atoms in total. The highest BCUT2D eigenvalue weighted by Gasteiger charge is 2.53. The Morgan fingerprint density at radius 1 is 1.58 bits per heavy atom. The van der Waals surface area contributed by atoms with Crippen LogP contribution < -0.4 is 11.3 Å². The number of nitrogen functional groups attached to an aromatic ring is 1. The standard InChI is InChI=1S/C11H15N5O3/c12-10-14-8-7(9(19)15-10)16(5-13-8)3-11(4-18)1-6(11)2-17/h5-6,17-18H,1-4H2,(H3,12,14,15,19)/t6-,11-/m0/s1. The topological polar surface area (TPSA) is 130 Å². The number of H-pyrrole nitrogens is 1. The molecule has 2 heterocycles. The number of aromatic nitrogens is 4. The third kappa shape index (κ3) is 1.80. The van der Waals surface area contributed by atoms with E-state index in [1.807, 2.05) is 0 Å².